The van der Waals surface area contributed by atoms with Gasteiger partial charge in [-0.05, 0) is 30.5 Å². The van der Waals surface area contributed by atoms with Gasteiger partial charge in [0.15, 0.2) is 0 Å². The van der Waals surface area contributed by atoms with Gasteiger partial charge in [0.05, 0.1) is 12.0 Å². The lowest BCUT2D eigenvalue weighted by Gasteiger charge is -2.38. The Morgan fingerprint density at radius 3 is 2.78 bits per heavy atom. The van der Waals surface area contributed by atoms with Gasteiger partial charge >= 0.3 is 5.97 Å². The standard InChI is InChI=1S/C14H15NO3/c16-13(17)14(5-2-6-14)11-4-1-3-10(9-11)12-15-7-8-18-12/h1,3-4,9H,2,5-8H2,(H,16,17). The lowest BCUT2D eigenvalue weighted by Crippen LogP contribution is -2.42. The van der Waals surface area contributed by atoms with Gasteiger partial charge in [-0.15, -0.1) is 0 Å². The fourth-order valence-electron chi connectivity index (χ4n) is 2.62. The number of aliphatic imine (C=N–C) groups is 1. The molecule has 0 atom stereocenters. The van der Waals surface area contributed by atoms with Crippen molar-refractivity contribution in [3.05, 3.63) is 35.4 Å². The molecule has 1 aromatic rings. The summed E-state index contributed by atoms with van der Waals surface area (Å²) >= 11 is 0. The van der Waals surface area contributed by atoms with Crippen molar-refractivity contribution in [2.24, 2.45) is 4.99 Å². The number of ether oxygens (including phenoxy) is 1. The second-order valence-electron chi connectivity index (χ2n) is 4.86. The first-order valence-electron chi connectivity index (χ1n) is 6.24. The van der Waals surface area contributed by atoms with Gasteiger partial charge in [0.2, 0.25) is 5.90 Å². The molecule has 1 fully saturated rings. The molecule has 0 unspecified atom stereocenters. The number of rotatable bonds is 3. The first kappa shape index (κ1) is 11.3. The van der Waals surface area contributed by atoms with Crippen LogP contribution in [-0.4, -0.2) is 30.1 Å². The van der Waals surface area contributed by atoms with Gasteiger partial charge in [-0.25, -0.2) is 4.99 Å². The summed E-state index contributed by atoms with van der Waals surface area (Å²) in [5.41, 5.74) is 1.07. The largest absolute Gasteiger partial charge is 0.481 e. The van der Waals surface area contributed by atoms with E-state index in [4.69, 9.17) is 4.74 Å². The third-order valence-corrected chi connectivity index (χ3v) is 3.86. The first-order valence-corrected chi connectivity index (χ1v) is 6.24. The number of carboxylic acid groups (broad SMARTS) is 1. The van der Waals surface area contributed by atoms with Crippen LogP contribution in [0.25, 0.3) is 0 Å². The van der Waals surface area contributed by atoms with Crippen LogP contribution in [-0.2, 0) is 14.9 Å². The molecular formula is C14H15NO3. The van der Waals surface area contributed by atoms with E-state index in [0.717, 1.165) is 30.4 Å². The molecule has 0 bridgehead atoms. The van der Waals surface area contributed by atoms with Crippen LogP contribution in [0.4, 0.5) is 0 Å². The van der Waals surface area contributed by atoms with Gasteiger partial charge in [0, 0.05) is 5.56 Å². The zero-order valence-corrected chi connectivity index (χ0v) is 10.1. The van der Waals surface area contributed by atoms with Crippen molar-refractivity contribution in [1.29, 1.82) is 0 Å². The first-order chi connectivity index (χ1) is 8.72. The summed E-state index contributed by atoms with van der Waals surface area (Å²) in [6.07, 6.45) is 2.42. The molecule has 1 aliphatic heterocycles. The van der Waals surface area contributed by atoms with Crippen LogP contribution in [0.3, 0.4) is 0 Å². The summed E-state index contributed by atoms with van der Waals surface area (Å²) in [4.78, 5) is 15.7. The average molecular weight is 245 g/mol. The Morgan fingerprint density at radius 2 is 2.22 bits per heavy atom. The van der Waals surface area contributed by atoms with E-state index in [1.807, 2.05) is 24.3 Å². The number of nitrogens with zero attached hydrogens (tertiary/aromatic N) is 1. The van der Waals surface area contributed by atoms with E-state index in [9.17, 15) is 9.90 Å². The number of carbonyl (C=O) groups is 1. The molecule has 0 aromatic heterocycles. The molecule has 0 amide bonds. The molecule has 94 valence electrons. The van der Waals surface area contributed by atoms with Crippen molar-refractivity contribution in [2.75, 3.05) is 13.2 Å². The molecule has 4 nitrogen and oxygen atoms in total. The Kier molecular flexibility index (Phi) is 2.58. The van der Waals surface area contributed by atoms with Crippen LogP contribution in [0.2, 0.25) is 0 Å². The third kappa shape index (κ3) is 1.60. The van der Waals surface area contributed by atoms with Gasteiger partial charge in [-0.1, -0.05) is 18.6 Å². The topological polar surface area (TPSA) is 58.9 Å². The predicted octanol–water partition coefficient (Wildman–Crippen LogP) is 1.97. The van der Waals surface area contributed by atoms with Gasteiger partial charge in [0.25, 0.3) is 0 Å². The highest BCUT2D eigenvalue weighted by molar-refractivity contribution is 5.95. The number of benzene rings is 1. The Hall–Kier alpha value is -1.84. The lowest BCUT2D eigenvalue weighted by molar-refractivity contribution is -0.147. The molecule has 1 saturated carbocycles. The van der Waals surface area contributed by atoms with Gasteiger partial charge < -0.3 is 9.84 Å². The molecule has 1 N–H and O–H groups in total. The molecule has 18 heavy (non-hydrogen) atoms. The van der Waals surface area contributed by atoms with Crippen molar-refractivity contribution in [3.63, 3.8) is 0 Å². The van der Waals surface area contributed by atoms with Crippen LogP contribution < -0.4 is 0 Å². The maximum Gasteiger partial charge on any atom is 0.314 e. The van der Waals surface area contributed by atoms with Gasteiger partial charge in [-0.2, -0.15) is 0 Å². The molecule has 4 heteroatoms. The normalized spacial score (nSPS) is 20.8. The van der Waals surface area contributed by atoms with Gasteiger partial charge in [-0.3, -0.25) is 4.79 Å². The van der Waals surface area contributed by atoms with Crippen LogP contribution in [0.5, 0.6) is 0 Å². The minimum absolute atomic E-state index is 0.615. The van der Waals surface area contributed by atoms with E-state index in [2.05, 4.69) is 4.99 Å². The van der Waals surface area contributed by atoms with E-state index in [-0.39, 0.29) is 0 Å². The summed E-state index contributed by atoms with van der Waals surface area (Å²) in [5, 5.41) is 9.43. The number of hydrogen-bond acceptors (Lipinski definition) is 3. The summed E-state index contributed by atoms with van der Waals surface area (Å²) in [6, 6.07) is 7.61. The van der Waals surface area contributed by atoms with Crippen LogP contribution in [0.15, 0.2) is 29.3 Å². The quantitative estimate of drug-likeness (QED) is 0.885. The minimum atomic E-state index is -0.722. The summed E-state index contributed by atoms with van der Waals surface area (Å²) in [5.74, 6) is -0.0862. The van der Waals surface area contributed by atoms with Crippen LogP contribution in [0, 0.1) is 0 Å². The van der Waals surface area contributed by atoms with E-state index in [1.165, 1.54) is 0 Å². The second kappa shape index (κ2) is 4.12. The molecule has 1 heterocycles. The molecule has 2 aliphatic rings. The predicted molar refractivity (Wildman–Crippen MR) is 67.0 cm³/mol. The Morgan fingerprint density at radius 1 is 1.39 bits per heavy atom. The fraction of sp³-hybridized carbons (Fsp3) is 0.429. The molecule has 3 rings (SSSR count). The van der Waals surface area contributed by atoms with Crippen molar-refractivity contribution >= 4 is 11.9 Å². The van der Waals surface area contributed by atoms with Gasteiger partial charge in [0.1, 0.15) is 6.61 Å². The molecule has 0 radical (unpaired) electrons. The summed E-state index contributed by atoms with van der Waals surface area (Å²) in [7, 11) is 0. The molecule has 1 aliphatic carbocycles. The average Bonchev–Trinajstić information content (AvgIpc) is 2.80. The van der Waals surface area contributed by atoms with Crippen molar-refractivity contribution in [1.82, 2.24) is 0 Å². The van der Waals surface area contributed by atoms with Crippen LogP contribution in [0.1, 0.15) is 30.4 Å². The highest BCUT2D eigenvalue weighted by Gasteiger charge is 2.46. The minimum Gasteiger partial charge on any atom is -0.481 e. The SMILES string of the molecule is O=C(O)C1(c2cccc(C3=NCCO3)c2)CCC1. The molecule has 0 saturated heterocycles. The molecule has 0 spiro atoms. The smallest absolute Gasteiger partial charge is 0.314 e. The van der Waals surface area contributed by atoms with Crippen molar-refractivity contribution < 1.29 is 14.6 Å². The van der Waals surface area contributed by atoms with Crippen molar-refractivity contribution in [3.8, 4) is 0 Å². The molecule has 1 aromatic carbocycles. The maximum atomic E-state index is 11.5. The Labute approximate surface area is 105 Å². The number of hydrogen-bond donors (Lipinski definition) is 1. The summed E-state index contributed by atoms with van der Waals surface area (Å²) < 4.78 is 5.42. The Bertz CT molecular complexity index is 518. The Balaban J connectivity index is 1.98. The highest BCUT2D eigenvalue weighted by atomic mass is 16.5. The zero-order chi connectivity index (χ0) is 12.6. The number of carboxylic acids is 1. The highest BCUT2D eigenvalue weighted by Crippen LogP contribution is 2.44. The second-order valence-corrected chi connectivity index (χ2v) is 4.86. The van der Waals surface area contributed by atoms with Crippen LogP contribution >= 0.6 is 0 Å². The van der Waals surface area contributed by atoms with E-state index >= 15 is 0 Å². The fourth-order valence-corrected chi connectivity index (χ4v) is 2.62. The zero-order valence-electron chi connectivity index (χ0n) is 10.1. The van der Waals surface area contributed by atoms with Crippen molar-refractivity contribution in [2.45, 2.75) is 24.7 Å². The summed E-state index contributed by atoms with van der Waals surface area (Å²) in [6.45, 7) is 1.30. The lowest BCUT2D eigenvalue weighted by atomic mass is 9.64. The maximum absolute atomic E-state index is 11.5. The van der Waals surface area contributed by atoms with E-state index < -0.39 is 11.4 Å². The van der Waals surface area contributed by atoms with E-state index in [1.54, 1.807) is 0 Å². The molecular weight excluding hydrogens is 230 g/mol. The number of aliphatic carboxylic acids is 1. The monoisotopic (exact) mass is 245 g/mol. The third-order valence-electron chi connectivity index (χ3n) is 3.86. The van der Waals surface area contributed by atoms with E-state index in [0.29, 0.717) is 19.0 Å².